The highest BCUT2D eigenvalue weighted by Gasteiger charge is 2.35. The fourth-order valence-corrected chi connectivity index (χ4v) is 5.88. The zero-order chi connectivity index (χ0) is 32.2. The SMILES string of the molecule is C[C@H]1CN([C@@H](C)CO)C(=O)c2cc(NC(=O)Nc3ccc(C(F)(F)F)cc3)ccc2O[C@H]1CN(C)S(=O)(=O)c1ccccc1. The lowest BCUT2D eigenvalue weighted by Gasteiger charge is -2.38. The van der Waals surface area contributed by atoms with Crippen molar-refractivity contribution in [2.24, 2.45) is 5.92 Å². The number of halogens is 3. The van der Waals surface area contributed by atoms with Gasteiger partial charge in [-0.25, -0.2) is 13.2 Å². The highest BCUT2D eigenvalue weighted by Crippen LogP contribution is 2.32. The lowest BCUT2D eigenvalue weighted by molar-refractivity contribution is -0.137. The zero-order valence-corrected chi connectivity index (χ0v) is 25.0. The molecule has 44 heavy (non-hydrogen) atoms. The largest absolute Gasteiger partial charge is 0.488 e. The fourth-order valence-electron chi connectivity index (χ4n) is 4.68. The van der Waals surface area contributed by atoms with Crippen LogP contribution in [-0.4, -0.2) is 73.6 Å². The van der Waals surface area contributed by atoms with Gasteiger partial charge in [0.15, 0.2) is 0 Å². The first-order chi connectivity index (χ1) is 20.7. The molecule has 1 aliphatic heterocycles. The van der Waals surface area contributed by atoms with E-state index < -0.39 is 45.8 Å². The number of nitrogens with one attached hydrogen (secondary N) is 2. The van der Waals surface area contributed by atoms with E-state index in [2.05, 4.69) is 10.6 Å². The standard InChI is InChI=1S/C30H33F3N4O6S/c1-19-16-37(20(2)18-38)28(39)25-15-23(35-29(40)34-22-11-9-21(10-12-22)30(31,32)33)13-14-26(25)43-27(19)17-36(3)44(41,42)24-7-5-4-6-8-24/h4-15,19-20,27,38H,16-18H2,1-3H3,(H2,34,35,40)/t19-,20-,27-/m0/s1. The lowest BCUT2D eigenvalue weighted by Crippen LogP contribution is -2.50. The van der Waals surface area contributed by atoms with E-state index in [4.69, 9.17) is 4.74 Å². The molecule has 3 aromatic rings. The number of aliphatic hydroxyl groups is 1. The van der Waals surface area contributed by atoms with Crippen molar-refractivity contribution in [3.8, 4) is 5.75 Å². The number of aliphatic hydroxyl groups excluding tert-OH is 1. The van der Waals surface area contributed by atoms with Crippen LogP contribution < -0.4 is 15.4 Å². The summed E-state index contributed by atoms with van der Waals surface area (Å²) in [7, 11) is -2.39. The number of hydrogen-bond donors (Lipinski definition) is 3. The van der Waals surface area contributed by atoms with Gasteiger partial charge in [0.1, 0.15) is 11.9 Å². The lowest BCUT2D eigenvalue weighted by atomic mass is 9.99. The quantitative estimate of drug-likeness (QED) is 0.324. The number of benzene rings is 3. The van der Waals surface area contributed by atoms with Crippen LogP contribution in [-0.2, 0) is 16.2 Å². The van der Waals surface area contributed by atoms with Crippen LogP contribution in [0.15, 0.2) is 77.7 Å². The molecule has 3 atom stereocenters. The Morgan fingerprint density at radius 3 is 2.30 bits per heavy atom. The van der Waals surface area contributed by atoms with Gasteiger partial charge >= 0.3 is 12.2 Å². The predicted molar refractivity (Wildman–Crippen MR) is 158 cm³/mol. The smallest absolute Gasteiger partial charge is 0.416 e. The third kappa shape index (κ3) is 7.49. The van der Waals surface area contributed by atoms with E-state index in [1.54, 1.807) is 25.1 Å². The number of nitrogens with zero attached hydrogens (tertiary/aromatic N) is 2. The number of rotatable bonds is 8. The summed E-state index contributed by atoms with van der Waals surface area (Å²) in [5.41, 5.74) is -0.476. The third-order valence-electron chi connectivity index (χ3n) is 7.28. The second kappa shape index (κ2) is 13.2. The number of anilines is 2. The summed E-state index contributed by atoms with van der Waals surface area (Å²) in [6.45, 7) is 3.28. The molecule has 0 aliphatic carbocycles. The molecule has 0 saturated carbocycles. The summed E-state index contributed by atoms with van der Waals surface area (Å²) in [6.07, 6.45) is -5.21. The Morgan fingerprint density at radius 2 is 1.68 bits per heavy atom. The van der Waals surface area contributed by atoms with Gasteiger partial charge < -0.3 is 25.4 Å². The van der Waals surface area contributed by atoms with E-state index >= 15 is 0 Å². The number of sulfonamides is 1. The van der Waals surface area contributed by atoms with Crippen molar-refractivity contribution in [3.05, 3.63) is 83.9 Å². The van der Waals surface area contributed by atoms with Crippen molar-refractivity contribution in [1.82, 2.24) is 9.21 Å². The molecule has 0 radical (unpaired) electrons. The normalized spacial score (nSPS) is 18.1. The second-order valence-corrected chi connectivity index (χ2v) is 12.6. The number of urea groups is 1. The fraction of sp³-hybridized carbons (Fsp3) is 0.333. The van der Waals surface area contributed by atoms with Gasteiger partial charge in [-0.2, -0.15) is 17.5 Å². The molecular weight excluding hydrogens is 601 g/mol. The van der Waals surface area contributed by atoms with Crippen LogP contribution in [0.4, 0.5) is 29.3 Å². The summed E-state index contributed by atoms with van der Waals surface area (Å²) in [4.78, 5) is 27.9. The molecule has 14 heteroatoms. The summed E-state index contributed by atoms with van der Waals surface area (Å²) >= 11 is 0. The molecule has 10 nitrogen and oxygen atoms in total. The van der Waals surface area contributed by atoms with Crippen molar-refractivity contribution >= 4 is 33.3 Å². The van der Waals surface area contributed by atoms with Crippen LogP contribution in [0.2, 0.25) is 0 Å². The van der Waals surface area contributed by atoms with Crippen molar-refractivity contribution in [2.75, 3.05) is 37.4 Å². The molecule has 0 bridgehead atoms. The highest BCUT2D eigenvalue weighted by atomic mass is 32.2. The van der Waals surface area contributed by atoms with Crippen molar-refractivity contribution in [3.63, 3.8) is 0 Å². The Kier molecular flexibility index (Phi) is 9.86. The number of alkyl halides is 3. The van der Waals surface area contributed by atoms with E-state index in [1.807, 2.05) is 6.92 Å². The van der Waals surface area contributed by atoms with Gasteiger partial charge in [-0.3, -0.25) is 4.79 Å². The number of fused-ring (bicyclic) bond motifs is 1. The number of carbonyl (C=O) groups is 2. The Morgan fingerprint density at radius 1 is 1.07 bits per heavy atom. The van der Waals surface area contributed by atoms with Gasteiger partial charge in [0.2, 0.25) is 10.0 Å². The van der Waals surface area contributed by atoms with Crippen molar-refractivity contribution < 1.29 is 41.0 Å². The monoisotopic (exact) mass is 634 g/mol. The number of carbonyl (C=O) groups excluding carboxylic acids is 2. The minimum atomic E-state index is -4.51. The topological polar surface area (TPSA) is 128 Å². The predicted octanol–water partition coefficient (Wildman–Crippen LogP) is 4.89. The van der Waals surface area contributed by atoms with Crippen molar-refractivity contribution in [1.29, 1.82) is 0 Å². The first-order valence-corrected chi connectivity index (χ1v) is 15.1. The third-order valence-corrected chi connectivity index (χ3v) is 9.12. The Hall–Kier alpha value is -4.14. The second-order valence-electron chi connectivity index (χ2n) is 10.6. The molecule has 0 unspecified atom stereocenters. The van der Waals surface area contributed by atoms with E-state index in [-0.39, 0.29) is 53.2 Å². The van der Waals surface area contributed by atoms with Gasteiger partial charge in [-0.05, 0) is 61.5 Å². The van der Waals surface area contributed by atoms with E-state index in [1.165, 1.54) is 46.6 Å². The van der Waals surface area contributed by atoms with Crippen LogP contribution in [0.3, 0.4) is 0 Å². The average Bonchev–Trinajstić information content (AvgIpc) is 2.99. The maximum Gasteiger partial charge on any atom is 0.416 e. The molecule has 3 aromatic carbocycles. The first kappa shape index (κ1) is 32.8. The molecule has 236 valence electrons. The van der Waals surface area contributed by atoms with E-state index in [9.17, 15) is 36.3 Å². The molecule has 0 spiro atoms. The molecular formula is C30H33F3N4O6S. The highest BCUT2D eigenvalue weighted by molar-refractivity contribution is 7.89. The first-order valence-electron chi connectivity index (χ1n) is 13.7. The molecule has 3 amide bonds. The van der Waals surface area contributed by atoms with E-state index in [0.29, 0.717) is 0 Å². The molecule has 0 fully saturated rings. The Labute approximate surface area is 253 Å². The average molecular weight is 635 g/mol. The van der Waals surface area contributed by atoms with Crippen LogP contribution in [0, 0.1) is 5.92 Å². The Balaban J connectivity index is 1.58. The van der Waals surface area contributed by atoms with Gasteiger partial charge in [0.05, 0.1) is 35.2 Å². The molecule has 1 heterocycles. The Bertz CT molecular complexity index is 1590. The van der Waals surface area contributed by atoms with Gasteiger partial charge in [0.25, 0.3) is 5.91 Å². The maximum atomic E-state index is 13.7. The van der Waals surface area contributed by atoms with Crippen LogP contribution in [0.1, 0.15) is 29.8 Å². The summed E-state index contributed by atoms with van der Waals surface area (Å²) in [5, 5.41) is 14.9. The van der Waals surface area contributed by atoms with Crippen LogP contribution >= 0.6 is 0 Å². The van der Waals surface area contributed by atoms with Gasteiger partial charge in [-0.1, -0.05) is 25.1 Å². The number of hydrogen-bond acceptors (Lipinski definition) is 6. The molecule has 0 aromatic heterocycles. The summed E-state index contributed by atoms with van der Waals surface area (Å²) in [5.74, 6) is -0.661. The number of amides is 3. The molecule has 0 saturated heterocycles. The zero-order valence-electron chi connectivity index (χ0n) is 24.2. The van der Waals surface area contributed by atoms with Gasteiger partial charge in [0, 0.05) is 30.9 Å². The van der Waals surface area contributed by atoms with E-state index in [0.717, 1.165) is 24.3 Å². The minimum absolute atomic E-state index is 0.0388. The summed E-state index contributed by atoms with van der Waals surface area (Å²) < 4.78 is 72.3. The van der Waals surface area contributed by atoms with Gasteiger partial charge in [-0.15, -0.1) is 0 Å². The molecule has 1 aliphatic rings. The number of likely N-dealkylation sites (N-methyl/N-ethyl adjacent to an activating group) is 1. The minimum Gasteiger partial charge on any atom is -0.488 e. The maximum absolute atomic E-state index is 13.7. The van der Waals surface area contributed by atoms with Crippen LogP contribution in [0.25, 0.3) is 0 Å². The van der Waals surface area contributed by atoms with Crippen molar-refractivity contribution in [2.45, 2.75) is 37.1 Å². The molecule has 3 N–H and O–H groups in total. The molecule has 4 rings (SSSR count). The van der Waals surface area contributed by atoms with Crippen LogP contribution in [0.5, 0.6) is 5.75 Å². The summed E-state index contributed by atoms with van der Waals surface area (Å²) in [6, 6.07) is 14.9. The number of ether oxygens (including phenoxy) is 1.